The van der Waals surface area contributed by atoms with Gasteiger partial charge in [-0.3, -0.25) is 4.57 Å². The van der Waals surface area contributed by atoms with Crippen LogP contribution in [0, 0.1) is 11.3 Å². The fourth-order valence-electron chi connectivity index (χ4n) is 2.38. The van der Waals surface area contributed by atoms with Crippen molar-refractivity contribution < 1.29 is 9.47 Å². The second-order valence-corrected chi connectivity index (χ2v) is 4.89. The summed E-state index contributed by atoms with van der Waals surface area (Å²) in [4.78, 5) is 4.32. The van der Waals surface area contributed by atoms with Crippen LogP contribution in [0.2, 0.25) is 0 Å². The number of nitriles is 1. The van der Waals surface area contributed by atoms with Gasteiger partial charge in [0, 0.05) is 6.07 Å². The quantitative estimate of drug-likeness (QED) is 0.691. The third-order valence-electron chi connectivity index (χ3n) is 3.50. The summed E-state index contributed by atoms with van der Waals surface area (Å²) in [6.45, 7) is 0. The van der Waals surface area contributed by atoms with Gasteiger partial charge in [-0.25, -0.2) is 4.98 Å². The van der Waals surface area contributed by atoms with Crippen molar-refractivity contribution in [2.75, 3.05) is 14.2 Å². The minimum atomic E-state index is 0.467. The fraction of sp³-hybridized carbons (Fsp3) is 0.111. The Hall–Kier alpha value is -3.26. The van der Waals surface area contributed by atoms with E-state index >= 15 is 0 Å². The number of hydrogen-bond donors (Lipinski definition) is 0. The Labute approximate surface area is 134 Å². The molecule has 0 radical (unpaired) electrons. The molecule has 5 nitrogen and oxygen atoms in total. The van der Waals surface area contributed by atoms with Crippen molar-refractivity contribution in [3.05, 3.63) is 54.4 Å². The summed E-state index contributed by atoms with van der Waals surface area (Å²) in [7, 11) is 3.19. The molecule has 1 aromatic heterocycles. The van der Waals surface area contributed by atoms with E-state index in [1.165, 1.54) is 0 Å². The summed E-state index contributed by atoms with van der Waals surface area (Å²) in [6, 6.07) is 15.4. The van der Waals surface area contributed by atoms with Crippen LogP contribution >= 0.6 is 0 Å². The molecule has 0 saturated heterocycles. The maximum Gasteiger partial charge on any atom is 0.126 e. The first kappa shape index (κ1) is 14.7. The summed E-state index contributed by atoms with van der Waals surface area (Å²) in [5.41, 5.74) is 3.01. The summed E-state index contributed by atoms with van der Waals surface area (Å²) >= 11 is 0. The van der Waals surface area contributed by atoms with Crippen molar-refractivity contribution in [3.8, 4) is 17.6 Å². The number of nitrogens with zero attached hydrogens (tertiary/aromatic N) is 3. The molecule has 0 aliphatic heterocycles. The third kappa shape index (κ3) is 2.87. The minimum absolute atomic E-state index is 0.467. The van der Waals surface area contributed by atoms with E-state index in [4.69, 9.17) is 9.47 Å². The summed E-state index contributed by atoms with van der Waals surface area (Å²) in [6.07, 6.45) is 3.43. The van der Waals surface area contributed by atoms with E-state index in [0.717, 1.165) is 16.6 Å². The van der Waals surface area contributed by atoms with Gasteiger partial charge in [0.25, 0.3) is 0 Å². The molecule has 23 heavy (non-hydrogen) atoms. The zero-order valence-corrected chi connectivity index (χ0v) is 12.9. The first-order valence-electron chi connectivity index (χ1n) is 7.02. The maximum absolute atomic E-state index is 9.54. The monoisotopic (exact) mass is 305 g/mol. The van der Waals surface area contributed by atoms with Gasteiger partial charge in [0.1, 0.15) is 29.6 Å². The Kier molecular flexibility index (Phi) is 3.98. The van der Waals surface area contributed by atoms with Crippen LogP contribution in [0.15, 0.2) is 48.8 Å². The van der Waals surface area contributed by atoms with Crippen LogP contribution in [0.25, 0.3) is 22.8 Å². The van der Waals surface area contributed by atoms with Crippen molar-refractivity contribution in [2.24, 2.45) is 0 Å². The van der Waals surface area contributed by atoms with E-state index in [2.05, 4.69) is 11.1 Å². The Bertz CT molecular complexity index is 897. The normalized spacial score (nSPS) is 11.3. The van der Waals surface area contributed by atoms with Crippen molar-refractivity contribution in [2.45, 2.75) is 0 Å². The molecule has 0 bridgehead atoms. The van der Waals surface area contributed by atoms with Gasteiger partial charge in [-0.05, 0) is 35.9 Å². The highest BCUT2D eigenvalue weighted by atomic mass is 16.5. The van der Waals surface area contributed by atoms with Crippen LogP contribution in [0.1, 0.15) is 5.56 Å². The molecule has 0 saturated carbocycles. The zero-order valence-electron chi connectivity index (χ0n) is 12.9. The second kappa shape index (κ2) is 6.24. The number of hydrogen-bond acceptors (Lipinski definition) is 4. The first-order chi connectivity index (χ1) is 11.2. The Morgan fingerprint density at radius 1 is 1.13 bits per heavy atom. The molecule has 0 N–H and O–H groups in total. The number of fused-ring (bicyclic) bond motifs is 1. The van der Waals surface area contributed by atoms with E-state index in [0.29, 0.717) is 17.2 Å². The molecule has 3 aromatic rings. The van der Waals surface area contributed by atoms with Gasteiger partial charge in [0.15, 0.2) is 0 Å². The third-order valence-corrected chi connectivity index (χ3v) is 3.50. The number of aromatic nitrogens is 2. The molecule has 0 amide bonds. The number of allylic oxidation sites excluding steroid dienone is 1. The number of benzene rings is 2. The van der Waals surface area contributed by atoms with Crippen LogP contribution < -0.4 is 9.47 Å². The Morgan fingerprint density at radius 2 is 1.83 bits per heavy atom. The predicted octanol–water partition coefficient (Wildman–Crippen LogP) is 3.58. The molecule has 0 unspecified atom stereocenters. The molecular weight excluding hydrogens is 290 g/mol. The van der Waals surface area contributed by atoms with E-state index in [9.17, 15) is 5.26 Å². The first-order valence-corrected chi connectivity index (χ1v) is 7.02. The van der Waals surface area contributed by atoms with Gasteiger partial charge in [-0.1, -0.05) is 12.1 Å². The standard InChI is InChI=1S/C18H15N3O2/c1-22-15-8-13(9-16(10-15)23-2)7-14(11-19)21-12-20-17-5-3-4-6-18(17)21/h3-10,12H,1-2H3. The van der Waals surface area contributed by atoms with Crippen LogP contribution in [0.3, 0.4) is 0 Å². The van der Waals surface area contributed by atoms with Crippen molar-refractivity contribution in [1.82, 2.24) is 9.55 Å². The highest BCUT2D eigenvalue weighted by Crippen LogP contribution is 2.25. The lowest BCUT2D eigenvalue weighted by atomic mass is 10.1. The molecule has 114 valence electrons. The van der Waals surface area contributed by atoms with E-state index < -0.39 is 0 Å². The molecule has 0 fully saturated rings. The molecule has 2 aromatic carbocycles. The topological polar surface area (TPSA) is 60.1 Å². The lowest BCUT2D eigenvalue weighted by molar-refractivity contribution is 0.394. The molecule has 0 aliphatic rings. The van der Waals surface area contributed by atoms with Crippen LogP contribution in [0.5, 0.6) is 11.5 Å². The maximum atomic E-state index is 9.54. The van der Waals surface area contributed by atoms with Crippen LogP contribution in [0.4, 0.5) is 0 Å². The van der Waals surface area contributed by atoms with Gasteiger partial charge in [0.05, 0.1) is 25.3 Å². The summed E-state index contributed by atoms with van der Waals surface area (Å²) < 4.78 is 12.3. The van der Waals surface area contributed by atoms with Gasteiger partial charge >= 0.3 is 0 Å². The highest BCUT2D eigenvalue weighted by molar-refractivity contribution is 5.87. The SMILES string of the molecule is COc1cc(C=C(C#N)n2cnc3ccccc32)cc(OC)c1. The van der Waals surface area contributed by atoms with Crippen molar-refractivity contribution in [1.29, 1.82) is 5.26 Å². The predicted molar refractivity (Wildman–Crippen MR) is 89.1 cm³/mol. The van der Waals surface area contributed by atoms with Gasteiger partial charge in [0.2, 0.25) is 0 Å². The highest BCUT2D eigenvalue weighted by Gasteiger charge is 2.07. The molecule has 0 atom stereocenters. The van der Waals surface area contributed by atoms with Gasteiger partial charge in [-0.2, -0.15) is 5.26 Å². The zero-order chi connectivity index (χ0) is 16.2. The molecule has 1 heterocycles. The number of imidazole rings is 1. The fourth-order valence-corrected chi connectivity index (χ4v) is 2.38. The summed E-state index contributed by atoms with van der Waals surface area (Å²) in [5.74, 6) is 1.34. The average Bonchev–Trinajstić information content (AvgIpc) is 3.03. The lowest BCUT2D eigenvalue weighted by Gasteiger charge is -2.07. The molecule has 0 spiro atoms. The van der Waals surface area contributed by atoms with E-state index in [1.807, 2.05) is 36.4 Å². The largest absolute Gasteiger partial charge is 0.497 e. The van der Waals surface area contributed by atoms with E-state index in [1.54, 1.807) is 37.3 Å². The van der Waals surface area contributed by atoms with Gasteiger partial charge in [-0.15, -0.1) is 0 Å². The van der Waals surface area contributed by atoms with Gasteiger partial charge < -0.3 is 9.47 Å². The van der Waals surface area contributed by atoms with Crippen LogP contribution in [-0.4, -0.2) is 23.8 Å². The molecular formula is C18H15N3O2. The van der Waals surface area contributed by atoms with E-state index in [-0.39, 0.29) is 0 Å². The van der Waals surface area contributed by atoms with Crippen molar-refractivity contribution in [3.63, 3.8) is 0 Å². The smallest absolute Gasteiger partial charge is 0.126 e. The lowest BCUT2D eigenvalue weighted by Crippen LogP contribution is -1.94. The number of para-hydroxylation sites is 2. The average molecular weight is 305 g/mol. The molecule has 0 aliphatic carbocycles. The summed E-state index contributed by atoms with van der Waals surface area (Å²) in [5, 5.41) is 9.54. The molecule has 5 heteroatoms. The minimum Gasteiger partial charge on any atom is -0.497 e. The number of methoxy groups -OCH3 is 2. The number of ether oxygens (including phenoxy) is 2. The van der Waals surface area contributed by atoms with Crippen LogP contribution in [-0.2, 0) is 0 Å². The number of rotatable bonds is 4. The molecule has 3 rings (SSSR count). The van der Waals surface area contributed by atoms with Crippen molar-refractivity contribution >= 4 is 22.8 Å². The Balaban J connectivity index is 2.11. The second-order valence-electron chi connectivity index (χ2n) is 4.89. The Morgan fingerprint density at radius 3 is 2.48 bits per heavy atom.